The highest BCUT2D eigenvalue weighted by atomic mass is 35.5. The molecule has 0 radical (unpaired) electrons. The molecular formula is C14H19Cl2NO2. The van der Waals surface area contributed by atoms with Crippen LogP contribution in [0.15, 0.2) is 24.3 Å². The Morgan fingerprint density at radius 1 is 1.37 bits per heavy atom. The van der Waals surface area contributed by atoms with E-state index in [1.165, 1.54) is 0 Å². The molecule has 19 heavy (non-hydrogen) atoms. The highest BCUT2D eigenvalue weighted by Gasteiger charge is 2.28. The van der Waals surface area contributed by atoms with Gasteiger partial charge in [-0.3, -0.25) is 4.79 Å². The minimum Gasteiger partial charge on any atom is -0.481 e. The number of hydrogen-bond acceptors (Lipinski definition) is 2. The van der Waals surface area contributed by atoms with E-state index in [1.54, 1.807) is 31.2 Å². The average Bonchev–Trinajstić information content (AvgIpc) is 2.28. The van der Waals surface area contributed by atoms with E-state index >= 15 is 0 Å². The second kappa shape index (κ2) is 6.49. The molecular weight excluding hydrogens is 285 g/mol. The monoisotopic (exact) mass is 303 g/mol. The van der Waals surface area contributed by atoms with Crippen molar-refractivity contribution < 1.29 is 9.53 Å². The van der Waals surface area contributed by atoms with E-state index in [2.05, 4.69) is 5.32 Å². The Morgan fingerprint density at radius 2 is 2.00 bits per heavy atom. The summed E-state index contributed by atoms with van der Waals surface area (Å²) in [6, 6.07) is 6.94. The highest BCUT2D eigenvalue weighted by Crippen LogP contribution is 2.19. The number of benzene rings is 1. The van der Waals surface area contributed by atoms with Gasteiger partial charge in [0.15, 0.2) is 6.10 Å². The van der Waals surface area contributed by atoms with Crippen molar-refractivity contribution in [3.63, 3.8) is 0 Å². The van der Waals surface area contributed by atoms with Gasteiger partial charge in [0, 0.05) is 5.02 Å². The Hall–Kier alpha value is -0.930. The number of carbonyl (C=O) groups is 1. The van der Waals surface area contributed by atoms with Crippen molar-refractivity contribution in [3.8, 4) is 5.75 Å². The molecule has 1 amide bonds. The number of halogens is 2. The first kappa shape index (κ1) is 16.1. The molecule has 1 aromatic carbocycles. The zero-order valence-corrected chi connectivity index (χ0v) is 13.0. The molecule has 1 rings (SSSR count). The van der Waals surface area contributed by atoms with Crippen molar-refractivity contribution in [2.24, 2.45) is 0 Å². The smallest absolute Gasteiger partial charge is 0.261 e. The molecule has 106 valence electrons. The molecule has 2 atom stereocenters. The predicted molar refractivity (Wildman–Crippen MR) is 79.1 cm³/mol. The molecule has 0 aromatic heterocycles. The van der Waals surface area contributed by atoms with Gasteiger partial charge in [-0.25, -0.2) is 0 Å². The van der Waals surface area contributed by atoms with Crippen LogP contribution in [-0.4, -0.2) is 22.9 Å². The summed E-state index contributed by atoms with van der Waals surface area (Å²) in [6.45, 7) is 7.26. The number of ether oxygens (including phenoxy) is 1. The largest absolute Gasteiger partial charge is 0.481 e. The van der Waals surface area contributed by atoms with Crippen LogP contribution in [0.1, 0.15) is 27.7 Å². The molecule has 0 aliphatic heterocycles. The highest BCUT2D eigenvalue weighted by molar-refractivity contribution is 6.30. The zero-order valence-electron chi connectivity index (χ0n) is 11.5. The van der Waals surface area contributed by atoms with Gasteiger partial charge in [-0.15, -0.1) is 11.6 Å². The third kappa shape index (κ3) is 4.92. The van der Waals surface area contributed by atoms with Crippen LogP contribution in [0.5, 0.6) is 5.75 Å². The molecule has 0 aliphatic carbocycles. The summed E-state index contributed by atoms with van der Waals surface area (Å²) >= 11 is 11.9. The van der Waals surface area contributed by atoms with Gasteiger partial charge in [-0.2, -0.15) is 0 Å². The topological polar surface area (TPSA) is 38.3 Å². The van der Waals surface area contributed by atoms with Gasteiger partial charge in [0.2, 0.25) is 0 Å². The van der Waals surface area contributed by atoms with E-state index in [-0.39, 0.29) is 11.3 Å². The van der Waals surface area contributed by atoms with Crippen LogP contribution in [0.2, 0.25) is 5.02 Å². The molecule has 2 unspecified atom stereocenters. The summed E-state index contributed by atoms with van der Waals surface area (Å²) in [4.78, 5) is 12.0. The molecule has 0 spiro atoms. The van der Waals surface area contributed by atoms with Crippen LogP contribution in [0, 0.1) is 0 Å². The minimum atomic E-state index is -0.617. The molecule has 3 nitrogen and oxygen atoms in total. The van der Waals surface area contributed by atoms with Gasteiger partial charge in [0.05, 0.1) is 10.9 Å². The van der Waals surface area contributed by atoms with Crippen LogP contribution in [0.4, 0.5) is 0 Å². The van der Waals surface area contributed by atoms with E-state index < -0.39 is 11.6 Å². The molecule has 0 fully saturated rings. The lowest BCUT2D eigenvalue weighted by molar-refractivity contribution is -0.128. The maximum absolute atomic E-state index is 12.0. The Morgan fingerprint density at radius 3 is 2.53 bits per heavy atom. The lowest BCUT2D eigenvalue weighted by Crippen LogP contribution is -2.52. The number of alkyl halides is 1. The maximum Gasteiger partial charge on any atom is 0.261 e. The van der Waals surface area contributed by atoms with Crippen molar-refractivity contribution in [2.75, 3.05) is 0 Å². The first-order chi connectivity index (χ1) is 8.72. The third-order valence-corrected chi connectivity index (χ3v) is 3.70. The lowest BCUT2D eigenvalue weighted by Gasteiger charge is -2.30. The summed E-state index contributed by atoms with van der Waals surface area (Å²) < 4.78 is 5.54. The summed E-state index contributed by atoms with van der Waals surface area (Å²) in [5.41, 5.74) is -0.495. The second-order valence-electron chi connectivity index (χ2n) is 5.04. The number of rotatable bonds is 5. The predicted octanol–water partition coefficient (Wildman–Crippen LogP) is 3.63. The Bertz CT molecular complexity index is 447. The van der Waals surface area contributed by atoms with Gasteiger partial charge >= 0.3 is 0 Å². The van der Waals surface area contributed by atoms with E-state index in [0.29, 0.717) is 10.8 Å². The van der Waals surface area contributed by atoms with Crippen molar-refractivity contribution in [1.29, 1.82) is 0 Å². The minimum absolute atomic E-state index is 0.185. The van der Waals surface area contributed by atoms with Gasteiger partial charge in [-0.1, -0.05) is 17.7 Å². The van der Waals surface area contributed by atoms with Crippen LogP contribution in [0.3, 0.4) is 0 Å². The summed E-state index contributed by atoms with van der Waals surface area (Å²) in [5, 5.41) is 3.25. The number of carbonyl (C=O) groups excluding carboxylic acids is 1. The van der Waals surface area contributed by atoms with E-state index in [4.69, 9.17) is 27.9 Å². The third-order valence-electron chi connectivity index (χ3n) is 2.92. The molecule has 0 saturated carbocycles. The van der Waals surface area contributed by atoms with Gasteiger partial charge in [0.25, 0.3) is 5.91 Å². The van der Waals surface area contributed by atoms with Crippen molar-refractivity contribution in [1.82, 2.24) is 5.32 Å². The number of hydrogen-bond donors (Lipinski definition) is 1. The second-order valence-corrected chi connectivity index (χ2v) is 6.14. The van der Waals surface area contributed by atoms with Gasteiger partial charge in [0.1, 0.15) is 5.75 Å². The molecule has 1 N–H and O–H groups in total. The summed E-state index contributed by atoms with van der Waals surface area (Å²) in [6.07, 6.45) is -0.617. The number of amides is 1. The fourth-order valence-corrected chi connectivity index (χ4v) is 1.55. The van der Waals surface area contributed by atoms with Crippen molar-refractivity contribution >= 4 is 29.1 Å². The Balaban J connectivity index is 2.63. The average molecular weight is 304 g/mol. The van der Waals surface area contributed by atoms with E-state index in [1.807, 2.05) is 20.8 Å². The number of nitrogens with one attached hydrogen (secondary N) is 1. The van der Waals surface area contributed by atoms with Crippen LogP contribution in [0.25, 0.3) is 0 Å². The first-order valence-electron chi connectivity index (χ1n) is 6.10. The normalized spacial score (nSPS) is 14.6. The fraction of sp³-hybridized carbons (Fsp3) is 0.500. The SMILES string of the molecule is CC(Oc1cccc(Cl)c1)C(=O)NC(C)(C)C(C)Cl. The zero-order chi connectivity index (χ0) is 14.6. The standard InChI is InChI=1S/C14H19Cl2NO2/c1-9(13(18)17-14(3,4)10(2)15)19-12-7-5-6-11(16)8-12/h5-10H,1-4H3,(H,17,18). The molecule has 0 bridgehead atoms. The fourth-order valence-electron chi connectivity index (χ4n) is 1.32. The lowest BCUT2D eigenvalue weighted by atomic mass is 10.0. The molecule has 1 aromatic rings. The first-order valence-corrected chi connectivity index (χ1v) is 6.92. The Labute approximate surface area is 124 Å². The van der Waals surface area contributed by atoms with E-state index in [0.717, 1.165) is 0 Å². The Kier molecular flexibility index (Phi) is 5.50. The van der Waals surface area contributed by atoms with Crippen LogP contribution >= 0.6 is 23.2 Å². The molecule has 0 saturated heterocycles. The maximum atomic E-state index is 12.0. The molecule has 0 heterocycles. The van der Waals surface area contributed by atoms with Crippen LogP contribution < -0.4 is 10.1 Å². The summed E-state index contributed by atoms with van der Waals surface area (Å²) in [5.74, 6) is 0.351. The quantitative estimate of drug-likeness (QED) is 0.844. The summed E-state index contributed by atoms with van der Waals surface area (Å²) in [7, 11) is 0. The van der Waals surface area contributed by atoms with Gasteiger partial charge in [-0.05, 0) is 45.9 Å². The van der Waals surface area contributed by atoms with Crippen molar-refractivity contribution in [3.05, 3.63) is 29.3 Å². The molecule has 5 heteroatoms. The van der Waals surface area contributed by atoms with E-state index in [9.17, 15) is 4.79 Å². The van der Waals surface area contributed by atoms with Crippen LogP contribution in [-0.2, 0) is 4.79 Å². The molecule has 0 aliphatic rings. The van der Waals surface area contributed by atoms with Crippen molar-refractivity contribution in [2.45, 2.75) is 44.7 Å². The van der Waals surface area contributed by atoms with Gasteiger partial charge < -0.3 is 10.1 Å².